The van der Waals surface area contributed by atoms with E-state index in [9.17, 15) is 22.4 Å². The number of hydrogen-bond acceptors (Lipinski definition) is 4. The van der Waals surface area contributed by atoms with Crippen molar-refractivity contribution in [1.29, 1.82) is 0 Å². The van der Waals surface area contributed by atoms with E-state index in [0.29, 0.717) is 5.69 Å². The third-order valence-electron chi connectivity index (χ3n) is 3.68. The monoisotopic (exact) mass is 392 g/mol. The lowest BCUT2D eigenvalue weighted by Crippen LogP contribution is -2.27. The summed E-state index contributed by atoms with van der Waals surface area (Å²) >= 11 is 0. The molecule has 8 heteroatoms. The first kappa shape index (κ1) is 20.6. The summed E-state index contributed by atoms with van der Waals surface area (Å²) < 4.78 is 37.2. The average Bonchev–Trinajstić information content (AvgIpc) is 2.55. The SMILES string of the molecule is CC(C)(C)C(=O)Nc1cccc(C(=O)Nc2cc(S(C)(=O)=O)ccc2F)c1. The Bertz CT molecular complexity index is 995. The Morgan fingerprint density at radius 2 is 1.67 bits per heavy atom. The Kier molecular flexibility index (Phi) is 5.70. The van der Waals surface area contributed by atoms with Crippen molar-refractivity contribution in [2.24, 2.45) is 5.41 Å². The minimum atomic E-state index is -3.54. The van der Waals surface area contributed by atoms with Gasteiger partial charge in [-0.2, -0.15) is 0 Å². The van der Waals surface area contributed by atoms with Crippen LogP contribution in [0.15, 0.2) is 47.4 Å². The summed E-state index contributed by atoms with van der Waals surface area (Å²) in [5.74, 6) is -1.61. The van der Waals surface area contributed by atoms with Gasteiger partial charge in [-0.1, -0.05) is 26.8 Å². The number of amides is 2. The lowest BCUT2D eigenvalue weighted by atomic mass is 9.95. The molecule has 2 aromatic rings. The standard InChI is InChI=1S/C19H21FN2O4S/c1-19(2,3)18(24)21-13-7-5-6-12(10-13)17(23)22-16-11-14(27(4,25)26)8-9-15(16)20/h5-11H,1-4H3,(H,21,24)(H,22,23). The molecule has 0 aliphatic heterocycles. The molecule has 2 aromatic carbocycles. The highest BCUT2D eigenvalue weighted by Crippen LogP contribution is 2.22. The van der Waals surface area contributed by atoms with Gasteiger partial charge in [0.1, 0.15) is 5.82 Å². The van der Waals surface area contributed by atoms with Gasteiger partial charge in [-0.25, -0.2) is 12.8 Å². The normalized spacial score (nSPS) is 11.7. The van der Waals surface area contributed by atoms with Gasteiger partial charge in [0.05, 0.1) is 10.6 Å². The third kappa shape index (κ3) is 5.37. The van der Waals surface area contributed by atoms with Crippen molar-refractivity contribution in [1.82, 2.24) is 0 Å². The number of hydrogen-bond donors (Lipinski definition) is 2. The fraction of sp³-hybridized carbons (Fsp3) is 0.263. The zero-order valence-electron chi connectivity index (χ0n) is 15.5. The van der Waals surface area contributed by atoms with Crippen molar-refractivity contribution in [3.05, 3.63) is 53.8 Å². The molecule has 27 heavy (non-hydrogen) atoms. The van der Waals surface area contributed by atoms with Gasteiger partial charge in [0.25, 0.3) is 5.91 Å². The van der Waals surface area contributed by atoms with Crippen molar-refractivity contribution in [3.8, 4) is 0 Å². The van der Waals surface area contributed by atoms with Crippen LogP contribution < -0.4 is 10.6 Å². The molecule has 0 radical (unpaired) electrons. The largest absolute Gasteiger partial charge is 0.326 e. The molecule has 144 valence electrons. The zero-order valence-corrected chi connectivity index (χ0v) is 16.3. The Morgan fingerprint density at radius 1 is 1.00 bits per heavy atom. The molecule has 0 spiro atoms. The number of rotatable bonds is 4. The molecule has 0 saturated carbocycles. The van der Waals surface area contributed by atoms with E-state index >= 15 is 0 Å². The maximum absolute atomic E-state index is 13.9. The molecule has 0 aromatic heterocycles. The van der Waals surface area contributed by atoms with Crippen molar-refractivity contribution in [2.45, 2.75) is 25.7 Å². The van der Waals surface area contributed by atoms with E-state index in [2.05, 4.69) is 10.6 Å². The molecule has 0 fully saturated rings. The predicted molar refractivity (Wildman–Crippen MR) is 102 cm³/mol. The third-order valence-corrected chi connectivity index (χ3v) is 4.79. The van der Waals surface area contributed by atoms with Crippen molar-refractivity contribution in [2.75, 3.05) is 16.9 Å². The van der Waals surface area contributed by atoms with Gasteiger partial charge in [0, 0.05) is 22.9 Å². The molecule has 2 rings (SSSR count). The van der Waals surface area contributed by atoms with Crippen LogP contribution in [0.25, 0.3) is 0 Å². The Morgan fingerprint density at radius 3 is 2.26 bits per heavy atom. The topological polar surface area (TPSA) is 92.3 Å². The maximum Gasteiger partial charge on any atom is 0.255 e. The van der Waals surface area contributed by atoms with E-state index in [1.807, 2.05) is 0 Å². The van der Waals surface area contributed by atoms with Gasteiger partial charge in [-0.3, -0.25) is 9.59 Å². The summed E-state index contributed by atoms with van der Waals surface area (Å²) in [6.45, 7) is 5.28. The smallest absolute Gasteiger partial charge is 0.255 e. The summed E-state index contributed by atoms with van der Waals surface area (Å²) in [5, 5.41) is 5.07. The molecule has 2 N–H and O–H groups in total. The molecular formula is C19H21FN2O4S. The first-order chi connectivity index (χ1) is 12.4. The van der Waals surface area contributed by atoms with Gasteiger partial charge < -0.3 is 10.6 Å². The minimum Gasteiger partial charge on any atom is -0.326 e. The number of carbonyl (C=O) groups is 2. The maximum atomic E-state index is 13.9. The first-order valence-corrected chi connectivity index (χ1v) is 9.99. The van der Waals surface area contributed by atoms with Gasteiger partial charge >= 0.3 is 0 Å². The van der Waals surface area contributed by atoms with Crippen LogP contribution in [0.5, 0.6) is 0 Å². The lowest BCUT2D eigenvalue weighted by Gasteiger charge is -2.18. The molecule has 2 amide bonds. The summed E-state index contributed by atoms with van der Waals surface area (Å²) in [7, 11) is -3.54. The second kappa shape index (κ2) is 7.48. The van der Waals surface area contributed by atoms with E-state index < -0.39 is 27.0 Å². The molecule has 0 saturated heterocycles. The van der Waals surface area contributed by atoms with E-state index in [4.69, 9.17) is 0 Å². The number of halogens is 1. The van der Waals surface area contributed by atoms with Gasteiger partial charge in [0.2, 0.25) is 5.91 Å². The molecule has 6 nitrogen and oxygen atoms in total. The van der Waals surface area contributed by atoms with Crippen molar-refractivity contribution >= 4 is 33.0 Å². The van der Waals surface area contributed by atoms with E-state index in [1.165, 1.54) is 12.1 Å². The highest BCUT2D eigenvalue weighted by molar-refractivity contribution is 7.90. The number of carbonyl (C=O) groups excluding carboxylic acids is 2. The summed E-state index contributed by atoms with van der Waals surface area (Å²) in [5.41, 5.74) is -0.237. The number of benzene rings is 2. The van der Waals surface area contributed by atoms with Crippen LogP contribution in [0.2, 0.25) is 0 Å². The molecule has 0 unspecified atom stereocenters. The van der Waals surface area contributed by atoms with Crippen molar-refractivity contribution in [3.63, 3.8) is 0 Å². The molecular weight excluding hydrogens is 371 g/mol. The van der Waals surface area contributed by atoms with Crippen LogP contribution in [-0.2, 0) is 14.6 Å². The minimum absolute atomic E-state index is 0.106. The molecule has 0 atom stereocenters. The number of sulfone groups is 1. The summed E-state index contributed by atoms with van der Waals surface area (Å²) in [6.07, 6.45) is 0.993. The second-order valence-electron chi connectivity index (χ2n) is 7.15. The lowest BCUT2D eigenvalue weighted by molar-refractivity contribution is -0.123. The van der Waals surface area contributed by atoms with E-state index in [-0.39, 0.29) is 22.1 Å². The van der Waals surface area contributed by atoms with Crippen LogP contribution in [0.3, 0.4) is 0 Å². The second-order valence-corrected chi connectivity index (χ2v) is 9.17. The van der Waals surface area contributed by atoms with E-state index in [0.717, 1.165) is 24.5 Å². The van der Waals surface area contributed by atoms with Crippen LogP contribution >= 0.6 is 0 Å². The molecule has 0 aliphatic rings. The highest BCUT2D eigenvalue weighted by atomic mass is 32.2. The fourth-order valence-corrected chi connectivity index (χ4v) is 2.73. The summed E-state index contributed by atoms with van der Waals surface area (Å²) in [6, 6.07) is 9.34. The van der Waals surface area contributed by atoms with Crippen LogP contribution in [0, 0.1) is 11.2 Å². The van der Waals surface area contributed by atoms with Gasteiger partial charge in [-0.05, 0) is 36.4 Å². The summed E-state index contributed by atoms with van der Waals surface area (Å²) in [4.78, 5) is 24.4. The quantitative estimate of drug-likeness (QED) is 0.780. The average molecular weight is 392 g/mol. The highest BCUT2D eigenvalue weighted by Gasteiger charge is 2.21. The predicted octanol–water partition coefficient (Wildman–Crippen LogP) is 3.47. The molecule has 0 heterocycles. The Labute approximate surface area is 157 Å². The van der Waals surface area contributed by atoms with Crippen LogP contribution in [-0.4, -0.2) is 26.5 Å². The van der Waals surface area contributed by atoms with Crippen LogP contribution in [0.4, 0.5) is 15.8 Å². The van der Waals surface area contributed by atoms with Gasteiger partial charge in [-0.15, -0.1) is 0 Å². The van der Waals surface area contributed by atoms with Gasteiger partial charge in [0.15, 0.2) is 9.84 Å². The first-order valence-electron chi connectivity index (χ1n) is 8.10. The number of anilines is 2. The number of nitrogens with one attached hydrogen (secondary N) is 2. The van der Waals surface area contributed by atoms with Crippen molar-refractivity contribution < 1.29 is 22.4 Å². The Balaban J connectivity index is 2.25. The zero-order chi connectivity index (χ0) is 20.4. The van der Waals surface area contributed by atoms with Crippen LogP contribution in [0.1, 0.15) is 31.1 Å². The molecule has 0 bridgehead atoms. The fourth-order valence-electron chi connectivity index (χ4n) is 2.08. The Hall–Kier alpha value is -2.74. The van der Waals surface area contributed by atoms with E-state index in [1.54, 1.807) is 32.9 Å². The molecule has 0 aliphatic carbocycles.